The van der Waals surface area contributed by atoms with E-state index in [1.807, 2.05) is 37.3 Å². The van der Waals surface area contributed by atoms with E-state index in [0.29, 0.717) is 26.1 Å². The predicted octanol–water partition coefficient (Wildman–Crippen LogP) is 2.35. The van der Waals surface area contributed by atoms with Crippen LogP contribution < -0.4 is 5.32 Å². The van der Waals surface area contributed by atoms with Crippen molar-refractivity contribution in [2.24, 2.45) is 5.92 Å². The lowest BCUT2D eigenvalue weighted by Crippen LogP contribution is -2.46. The Kier molecular flexibility index (Phi) is 7.58. The highest BCUT2D eigenvalue weighted by Crippen LogP contribution is 2.20. The van der Waals surface area contributed by atoms with E-state index in [-0.39, 0.29) is 17.6 Å². The van der Waals surface area contributed by atoms with E-state index in [2.05, 4.69) is 5.32 Å². The third-order valence-electron chi connectivity index (χ3n) is 4.02. The molecule has 1 aliphatic rings. The molecular weight excluding hydrogens is 344 g/mol. The molecular formula is C17H26N2O3S2. The van der Waals surface area contributed by atoms with Gasteiger partial charge in [0.1, 0.15) is 0 Å². The molecule has 0 bridgehead atoms. The lowest BCUT2D eigenvalue weighted by molar-refractivity contribution is -0.125. The predicted molar refractivity (Wildman–Crippen MR) is 98.6 cm³/mol. The number of hydrogen-bond acceptors (Lipinski definition) is 4. The minimum Gasteiger partial charge on any atom is -0.355 e. The molecule has 1 amide bonds. The lowest BCUT2D eigenvalue weighted by Gasteiger charge is -2.31. The number of amides is 1. The normalized spacial score (nSPS) is 19.1. The van der Waals surface area contributed by atoms with Gasteiger partial charge < -0.3 is 5.32 Å². The van der Waals surface area contributed by atoms with Crippen LogP contribution in [0.25, 0.3) is 0 Å². The first-order chi connectivity index (χ1) is 11.5. The summed E-state index contributed by atoms with van der Waals surface area (Å²) in [5.74, 6) is 0.710. The van der Waals surface area contributed by atoms with Crippen LogP contribution in [0.5, 0.6) is 0 Å². The third-order valence-corrected chi connectivity index (χ3v) is 7.08. The average molecular weight is 371 g/mol. The summed E-state index contributed by atoms with van der Waals surface area (Å²) >= 11 is 1.70. The van der Waals surface area contributed by atoms with Crippen LogP contribution in [0.1, 0.15) is 26.2 Å². The summed E-state index contributed by atoms with van der Waals surface area (Å²) in [5.41, 5.74) is 0. The van der Waals surface area contributed by atoms with Crippen molar-refractivity contribution < 1.29 is 13.2 Å². The Labute approximate surface area is 149 Å². The maximum absolute atomic E-state index is 12.3. The molecule has 0 radical (unpaired) electrons. The number of nitrogens with one attached hydrogen (secondary N) is 1. The molecule has 0 saturated carbocycles. The number of nitrogens with zero attached hydrogens (tertiary/aromatic N) is 1. The van der Waals surface area contributed by atoms with Crippen molar-refractivity contribution in [2.75, 3.05) is 31.1 Å². The standard InChI is InChI=1S/C17H26N2O3S2/c1-2-13-24(21,22)19-11-6-7-15(14-19)17(20)18-10-12-23-16-8-4-3-5-9-16/h3-5,8-9,15H,2,6-7,10-14H2,1H3,(H,18,20). The Morgan fingerprint density at radius 3 is 2.79 bits per heavy atom. The first kappa shape index (κ1) is 19.3. The number of sulfonamides is 1. The van der Waals surface area contributed by atoms with Crippen LogP contribution in [-0.4, -0.2) is 49.8 Å². The van der Waals surface area contributed by atoms with E-state index in [1.165, 1.54) is 9.20 Å². The summed E-state index contributed by atoms with van der Waals surface area (Å²) in [6.45, 7) is 3.31. The van der Waals surface area contributed by atoms with E-state index >= 15 is 0 Å². The van der Waals surface area contributed by atoms with Gasteiger partial charge in [-0.3, -0.25) is 4.79 Å². The number of rotatable bonds is 8. The molecule has 1 heterocycles. The van der Waals surface area contributed by atoms with E-state index in [1.54, 1.807) is 11.8 Å². The van der Waals surface area contributed by atoms with Gasteiger partial charge in [0, 0.05) is 30.3 Å². The van der Waals surface area contributed by atoms with Crippen LogP contribution in [0.4, 0.5) is 0 Å². The van der Waals surface area contributed by atoms with E-state index in [0.717, 1.165) is 18.6 Å². The highest BCUT2D eigenvalue weighted by Gasteiger charge is 2.31. The smallest absolute Gasteiger partial charge is 0.224 e. The first-order valence-electron chi connectivity index (χ1n) is 8.46. The number of benzene rings is 1. The van der Waals surface area contributed by atoms with Crippen molar-refractivity contribution in [1.82, 2.24) is 9.62 Å². The molecule has 0 aromatic heterocycles. The second-order valence-corrected chi connectivity index (χ2v) is 9.22. The summed E-state index contributed by atoms with van der Waals surface area (Å²) in [4.78, 5) is 13.5. The topological polar surface area (TPSA) is 66.5 Å². The second kappa shape index (κ2) is 9.44. The largest absolute Gasteiger partial charge is 0.355 e. The fourth-order valence-corrected chi connectivity index (χ4v) is 5.18. The first-order valence-corrected chi connectivity index (χ1v) is 11.1. The van der Waals surface area contributed by atoms with Crippen LogP contribution >= 0.6 is 11.8 Å². The summed E-state index contributed by atoms with van der Waals surface area (Å²) in [6, 6.07) is 10.1. The highest BCUT2D eigenvalue weighted by molar-refractivity contribution is 7.99. The molecule has 1 atom stereocenters. The second-order valence-electron chi connectivity index (χ2n) is 5.97. The molecule has 1 fully saturated rings. The number of carbonyl (C=O) groups excluding carboxylic acids is 1. The molecule has 7 heteroatoms. The molecule has 134 valence electrons. The van der Waals surface area contributed by atoms with Gasteiger partial charge in [0.2, 0.25) is 15.9 Å². The van der Waals surface area contributed by atoms with Gasteiger partial charge in [-0.1, -0.05) is 25.1 Å². The van der Waals surface area contributed by atoms with E-state index < -0.39 is 10.0 Å². The Bertz CT molecular complexity index is 620. The fourth-order valence-electron chi connectivity index (χ4n) is 2.80. The molecule has 1 aromatic carbocycles. The van der Waals surface area contributed by atoms with Crippen molar-refractivity contribution in [3.63, 3.8) is 0 Å². The zero-order valence-corrected chi connectivity index (χ0v) is 15.7. The highest BCUT2D eigenvalue weighted by atomic mass is 32.2. The molecule has 0 spiro atoms. The Hall–Kier alpha value is -1.05. The summed E-state index contributed by atoms with van der Waals surface area (Å²) in [5, 5.41) is 2.95. The maximum atomic E-state index is 12.3. The quantitative estimate of drug-likeness (QED) is 0.563. The Morgan fingerprint density at radius 2 is 2.08 bits per heavy atom. The van der Waals surface area contributed by atoms with Crippen LogP contribution in [0.2, 0.25) is 0 Å². The van der Waals surface area contributed by atoms with Gasteiger partial charge in [-0.25, -0.2) is 12.7 Å². The number of hydrogen-bond donors (Lipinski definition) is 1. The van der Waals surface area contributed by atoms with Crippen molar-refractivity contribution in [2.45, 2.75) is 31.1 Å². The molecule has 1 saturated heterocycles. The number of thioether (sulfide) groups is 1. The summed E-state index contributed by atoms with van der Waals surface area (Å²) in [6.07, 6.45) is 2.11. The van der Waals surface area contributed by atoms with Crippen LogP contribution in [0, 0.1) is 5.92 Å². The molecule has 0 aliphatic carbocycles. The molecule has 2 rings (SSSR count). The summed E-state index contributed by atoms with van der Waals surface area (Å²) < 4.78 is 25.8. The molecule has 5 nitrogen and oxygen atoms in total. The zero-order chi connectivity index (χ0) is 17.4. The molecule has 24 heavy (non-hydrogen) atoms. The van der Waals surface area contributed by atoms with Crippen LogP contribution in [-0.2, 0) is 14.8 Å². The monoisotopic (exact) mass is 370 g/mol. The molecule has 1 aromatic rings. The zero-order valence-electron chi connectivity index (χ0n) is 14.1. The minimum atomic E-state index is -3.21. The molecule has 1 N–H and O–H groups in total. The van der Waals surface area contributed by atoms with Gasteiger partial charge in [-0.15, -0.1) is 11.8 Å². The van der Waals surface area contributed by atoms with E-state index in [9.17, 15) is 13.2 Å². The fraction of sp³-hybridized carbons (Fsp3) is 0.588. The van der Waals surface area contributed by atoms with Gasteiger partial charge in [-0.2, -0.15) is 0 Å². The van der Waals surface area contributed by atoms with Gasteiger partial charge in [0.05, 0.1) is 11.7 Å². The van der Waals surface area contributed by atoms with Gasteiger partial charge in [0.25, 0.3) is 0 Å². The average Bonchev–Trinajstić information content (AvgIpc) is 2.59. The van der Waals surface area contributed by atoms with Gasteiger partial charge >= 0.3 is 0 Å². The number of carbonyl (C=O) groups is 1. The summed E-state index contributed by atoms with van der Waals surface area (Å²) in [7, 11) is -3.21. The molecule has 1 unspecified atom stereocenters. The van der Waals surface area contributed by atoms with Crippen LogP contribution in [0.15, 0.2) is 35.2 Å². The van der Waals surface area contributed by atoms with Crippen molar-refractivity contribution in [3.05, 3.63) is 30.3 Å². The Balaban J connectivity index is 1.75. The SMILES string of the molecule is CCCS(=O)(=O)N1CCCC(C(=O)NCCSc2ccccc2)C1. The van der Waals surface area contributed by atoms with Crippen molar-refractivity contribution >= 4 is 27.7 Å². The molecule has 1 aliphatic heterocycles. The third kappa shape index (κ3) is 5.79. The van der Waals surface area contributed by atoms with Gasteiger partial charge in [0.15, 0.2) is 0 Å². The Morgan fingerprint density at radius 1 is 1.33 bits per heavy atom. The van der Waals surface area contributed by atoms with E-state index in [4.69, 9.17) is 0 Å². The minimum absolute atomic E-state index is 0.0277. The van der Waals surface area contributed by atoms with Crippen molar-refractivity contribution in [3.8, 4) is 0 Å². The number of piperidine rings is 1. The van der Waals surface area contributed by atoms with Gasteiger partial charge in [-0.05, 0) is 31.4 Å². The van der Waals surface area contributed by atoms with Crippen LogP contribution in [0.3, 0.4) is 0 Å². The van der Waals surface area contributed by atoms with Crippen molar-refractivity contribution in [1.29, 1.82) is 0 Å². The maximum Gasteiger partial charge on any atom is 0.224 e. The lowest BCUT2D eigenvalue weighted by atomic mass is 9.99.